The molecule has 116 valence electrons. The van der Waals surface area contributed by atoms with Gasteiger partial charge >= 0.3 is 0 Å². The third-order valence-corrected chi connectivity index (χ3v) is 3.57. The Kier molecular flexibility index (Phi) is 4.15. The second-order valence-electron chi connectivity index (χ2n) is 4.96. The molecule has 0 spiro atoms. The molecule has 0 aliphatic rings. The number of oxazole rings is 1. The summed E-state index contributed by atoms with van der Waals surface area (Å²) in [5.41, 5.74) is 6.06. The molecule has 6 nitrogen and oxygen atoms in total. The lowest BCUT2D eigenvalue weighted by Crippen LogP contribution is -1.98. The maximum absolute atomic E-state index is 8.73. The summed E-state index contributed by atoms with van der Waals surface area (Å²) in [6.45, 7) is 1.88. The molecule has 0 saturated carbocycles. The van der Waals surface area contributed by atoms with Crippen molar-refractivity contribution in [1.29, 1.82) is 10.5 Å². The number of hydrogen-bond donors (Lipinski definition) is 1. The molecule has 1 aromatic heterocycles. The minimum absolute atomic E-state index is 0.253. The van der Waals surface area contributed by atoms with Gasteiger partial charge in [0.25, 0.3) is 0 Å². The number of anilines is 1. The lowest BCUT2D eigenvalue weighted by molar-refractivity contribution is 0.620. The van der Waals surface area contributed by atoms with E-state index in [0.717, 1.165) is 11.1 Å². The molecule has 3 rings (SSSR count). The van der Waals surface area contributed by atoms with Gasteiger partial charge in [0, 0.05) is 10.6 Å². The number of rotatable bonds is 3. The Morgan fingerprint density at radius 1 is 1.21 bits per heavy atom. The molecular weight excluding hydrogens is 326 g/mol. The van der Waals surface area contributed by atoms with Crippen molar-refractivity contribution < 1.29 is 4.42 Å². The van der Waals surface area contributed by atoms with E-state index in [0.29, 0.717) is 27.7 Å². The van der Waals surface area contributed by atoms with E-state index in [1.54, 1.807) is 36.4 Å². The predicted molar refractivity (Wildman–Crippen MR) is 91.5 cm³/mol. The topological polar surface area (TPSA) is 98.0 Å². The largest absolute Gasteiger partial charge is 0.436 e. The van der Waals surface area contributed by atoms with Crippen molar-refractivity contribution in [1.82, 2.24) is 4.98 Å². The van der Waals surface area contributed by atoms with Gasteiger partial charge in [-0.2, -0.15) is 15.6 Å². The lowest BCUT2D eigenvalue weighted by Gasteiger charge is -2.06. The molecule has 0 aliphatic carbocycles. The molecule has 2 aromatic carbocycles. The second-order valence-corrected chi connectivity index (χ2v) is 5.39. The highest BCUT2D eigenvalue weighted by atomic mass is 35.5. The summed E-state index contributed by atoms with van der Waals surface area (Å²) in [5, 5.41) is 21.8. The molecule has 0 saturated heterocycles. The average Bonchev–Trinajstić information content (AvgIpc) is 3.00. The molecule has 7 heteroatoms. The van der Waals surface area contributed by atoms with Gasteiger partial charge in [-0.1, -0.05) is 17.7 Å². The van der Waals surface area contributed by atoms with Crippen molar-refractivity contribution in [3.63, 3.8) is 0 Å². The van der Waals surface area contributed by atoms with Gasteiger partial charge in [-0.05, 0) is 42.8 Å². The first kappa shape index (κ1) is 15.5. The fraction of sp³-hybridized carbons (Fsp3) is 0.0588. The van der Waals surface area contributed by atoms with E-state index < -0.39 is 0 Å². The maximum atomic E-state index is 8.73. The van der Waals surface area contributed by atoms with E-state index in [9.17, 15) is 0 Å². The minimum Gasteiger partial charge on any atom is -0.436 e. The van der Waals surface area contributed by atoms with Gasteiger partial charge in [0.05, 0.1) is 5.69 Å². The summed E-state index contributed by atoms with van der Waals surface area (Å²) in [4.78, 5) is 4.42. The first-order chi connectivity index (χ1) is 11.6. The molecule has 0 radical (unpaired) electrons. The number of aryl methyl sites for hydroxylation is 1. The van der Waals surface area contributed by atoms with Crippen molar-refractivity contribution in [2.24, 2.45) is 5.10 Å². The summed E-state index contributed by atoms with van der Waals surface area (Å²) in [6, 6.07) is 14.1. The van der Waals surface area contributed by atoms with Crippen molar-refractivity contribution in [3.8, 4) is 23.6 Å². The molecule has 24 heavy (non-hydrogen) atoms. The van der Waals surface area contributed by atoms with Gasteiger partial charge in [-0.15, -0.1) is 0 Å². The third kappa shape index (κ3) is 3.05. The monoisotopic (exact) mass is 335 g/mol. The van der Waals surface area contributed by atoms with Crippen LogP contribution >= 0.6 is 11.6 Å². The highest BCUT2D eigenvalue weighted by molar-refractivity contribution is 6.31. The van der Waals surface area contributed by atoms with Crippen LogP contribution in [0.25, 0.3) is 22.6 Å². The Morgan fingerprint density at radius 2 is 2.00 bits per heavy atom. The van der Waals surface area contributed by atoms with Gasteiger partial charge in [0.15, 0.2) is 5.58 Å². The van der Waals surface area contributed by atoms with Crippen LogP contribution in [-0.4, -0.2) is 10.7 Å². The first-order valence-corrected chi connectivity index (χ1v) is 7.29. The number of hydrazone groups is 1. The molecule has 0 fully saturated rings. The standard InChI is InChI=1S/C17H10ClN5O/c1-10-2-3-11(6-14(10)23-22-13(8-19)9-20)17-21-15-7-12(18)4-5-16(15)24-17/h2-7,23H,1H3. The number of aromatic nitrogens is 1. The van der Waals surface area contributed by atoms with E-state index in [2.05, 4.69) is 15.5 Å². The van der Waals surface area contributed by atoms with E-state index >= 15 is 0 Å². The predicted octanol–water partition coefficient (Wildman–Crippen LogP) is 4.27. The van der Waals surface area contributed by atoms with Gasteiger partial charge in [0.2, 0.25) is 11.6 Å². The summed E-state index contributed by atoms with van der Waals surface area (Å²) < 4.78 is 5.73. The number of nitriles is 2. The Balaban J connectivity index is 1.99. The minimum atomic E-state index is -0.253. The molecule has 0 aliphatic heterocycles. The van der Waals surface area contributed by atoms with Crippen molar-refractivity contribution in [3.05, 3.63) is 47.0 Å². The number of benzene rings is 2. The number of fused-ring (bicyclic) bond motifs is 1. The van der Waals surface area contributed by atoms with Crippen LogP contribution < -0.4 is 5.43 Å². The Morgan fingerprint density at radius 3 is 2.75 bits per heavy atom. The zero-order valence-electron chi connectivity index (χ0n) is 12.5. The Hall–Kier alpha value is -3.35. The molecular formula is C17H10ClN5O. The zero-order chi connectivity index (χ0) is 17.1. The van der Waals surface area contributed by atoms with Gasteiger partial charge in [-0.3, -0.25) is 5.43 Å². The van der Waals surface area contributed by atoms with Gasteiger partial charge < -0.3 is 4.42 Å². The van der Waals surface area contributed by atoms with Crippen LogP contribution in [0.5, 0.6) is 0 Å². The van der Waals surface area contributed by atoms with Crippen LogP contribution in [0.15, 0.2) is 45.9 Å². The van der Waals surface area contributed by atoms with Crippen LogP contribution in [0.4, 0.5) is 5.69 Å². The van der Waals surface area contributed by atoms with Crippen molar-refractivity contribution >= 4 is 34.1 Å². The summed E-state index contributed by atoms with van der Waals surface area (Å²) >= 11 is 5.96. The van der Waals surface area contributed by atoms with Gasteiger partial charge in [0.1, 0.15) is 17.7 Å². The van der Waals surface area contributed by atoms with Crippen LogP contribution in [0, 0.1) is 29.6 Å². The van der Waals surface area contributed by atoms with E-state index in [1.165, 1.54) is 0 Å². The molecule has 0 amide bonds. The fourth-order valence-electron chi connectivity index (χ4n) is 2.09. The highest BCUT2D eigenvalue weighted by Gasteiger charge is 2.10. The van der Waals surface area contributed by atoms with Crippen LogP contribution in [-0.2, 0) is 0 Å². The number of nitrogens with one attached hydrogen (secondary N) is 1. The normalized spacial score (nSPS) is 10.0. The molecule has 1 N–H and O–H groups in total. The molecule has 0 atom stereocenters. The zero-order valence-corrected chi connectivity index (χ0v) is 13.3. The molecule has 0 bridgehead atoms. The van der Waals surface area contributed by atoms with Crippen molar-refractivity contribution in [2.75, 3.05) is 5.43 Å². The summed E-state index contributed by atoms with van der Waals surface area (Å²) in [7, 11) is 0. The van der Waals surface area contributed by atoms with Crippen LogP contribution in [0.1, 0.15) is 5.56 Å². The SMILES string of the molecule is Cc1ccc(-c2nc3cc(Cl)ccc3o2)cc1NN=C(C#N)C#N. The van der Waals surface area contributed by atoms with Crippen LogP contribution in [0.3, 0.4) is 0 Å². The summed E-state index contributed by atoms with van der Waals surface area (Å²) in [5.74, 6) is 0.445. The Labute approximate surface area is 142 Å². The molecule has 0 unspecified atom stereocenters. The van der Waals surface area contributed by atoms with E-state index in [-0.39, 0.29) is 5.71 Å². The number of halogens is 1. The fourth-order valence-corrected chi connectivity index (χ4v) is 2.26. The van der Waals surface area contributed by atoms with Gasteiger partial charge in [-0.25, -0.2) is 4.98 Å². The number of nitrogens with zero attached hydrogens (tertiary/aromatic N) is 4. The van der Waals surface area contributed by atoms with E-state index in [1.807, 2.05) is 19.1 Å². The Bertz CT molecular complexity index is 1020. The maximum Gasteiger partial charge on any atom is 0.237 e. The second kappa shape index (κ2) is 6.41. The smallest absolute Gasteiger partial charge is 0.237 e. The summed E-state index contributed by atoms with van der Waals surface area (Å²) in [6.07, 6.45) is 0. The number of hydrogen-bond acceptors (Lipinski definition) is 6. The van der Waals surface area contributed by atoms with Crippen LogP contribution in [0.2, 0.25) is 5.02 Å². The quantitative estimate of drug-likeness (QED) is 0.569. The lowest BCUT2D eigenvalue weighted by atomic mass is 10.1. The molecule has 3 aromatic rings. The van der Waals surface area contributed by atoms with Crippen molar-refractivity contribution in [2.45, 2.75) is 6.92 Å². The third-order valence-electron chi connectivity index (χ3n) is 3.33. The van der Waals surface area contributed by atoms with E-state index in [4.69, 9.17) is 26.5 Å². The average molecular weight is 336 g/mol. The highest BCUT2D eigenvalue weighted by Crippen LogP contribution is 2.29. The first-order valence-electron chi connectivity index (χ1n) is 6.91. The molecule has 1 heterocycles.